The van der Waals surface area contributed by atoms with Gasteiger partial charge in [-0.3, -0.25) is 10.0 Å². The van der Waals surface area contributed by atoms with E-state index in [0.717, 1.165) is 0 Å². The summed E-state index contributed by atoms with van der Waals surface area (Å²) in [7, 11) is -1.97. The number of methoxy groups -OCH3 is 1. The molecule has 124 valence electrons. The largest absolute Gasteiger partial charge is 0.497 e. The van der Waals surface area contributed by atoms with E-state index in [2.05, 4.69) is 5.16 Å². The van der Waals surface area contributed by atoms with Gasteiger partial charge in [0.05, 0.1) is 17.8 Å². The van der Waals surface area contributed by atoms with Gasteiger partial charge in [-0.25, -0.2) is 13.9 Å². The van der Waals surface area contributed by atoms with Crippen LogP contribution in [0.1, 0.15) is 22.7 Å². The van der Waals surface area contributed by atoms with Crippen LogP contribution < -0.4 is 10.2 Å². The van der Waals surface area contributed by atoms with E-state index in [1.807, 2.05) is 0 Å². The van der Waals surface area contributed by atoms with E-state index in [-0.39, 0.29) is 16.3 Å². The first kappa shape index (κ1) is 17.0. The van der Waals surface area contributed by atoms with Gasteiger partial charge in [-0.1, -0.05) is 11.2 Å². The lowest BCUT2D eigenvalue weighted by molar-refractivity contribution is 0.0696. The van der Waals surface area contributed by atoms with Crippen LogP contribution in [0.4, 0.5) is 0 Å². The number of sulfone groups is 1. The van der Waals surface area contributed by atoms with Crippen molar-refractivity contribution in [3.8, 4) is 5.75 Å². The lowest BCUT2D eigenvalue weighted by Gasteiger charge is -2.05. The molecule has 0 aliphatic rings. The molecule has 2 rings (SSSR count). The van der Waals surface area contributed by atoms with Gasteiger partial charge in [0.15, 0.2) is 15.5 Å². The maximum Gasteiger partial charge on any atom is 0.296 e. The molecule has 1 heterocycles. The summed E-state index contributed by atoms with van der Waals surface area (Å²) in [6.45, 7) is 0. The van der Waals surface area contributed by atoms with Crippen molar-refractivity contribution < 1.29 is 27.7 Å². The molecule has 0 saturated carbocycles. The van der Waals surface area contributed by atoms with Crippen LogP contribution >= 0.6 is 0 Å². The number of benzene rings is 1. The minimum atomic E-state index is -3.44. The molecular weight excluding hydrogens is 324 g/mol. The van der Waals surface area contributed by atoms with Crippen LogP contribution in [0, 0.1) is 0 Å². The summed E-state index contributed by atoms with van der Waals surface area (Å²) in [5.41, 5.74) is 1.37. The summed E-state index contributed by atoms with van der Waals surface area (Å²) in [6.07, 6.45) is 0.601. The standard InChI is InChI=1S/C14H16N2O6S/c1-21-10-4-2-6-12(8-10)23(19,20)7-3-5-11-9-13(16-22-11)14(17)15-18/h2,4,6,8-9,18H,3,5,7H2,1H3,(H,15,17). The number of nitrogens with one attached hydrogen (secondary N) is 1. The van der Waals surface area contributed by atoms with Crippen molar-refractivity contribution in [1.29, 1.82) is 0 Å². The second kappa shape index (κ2) is 7.25. The average Bonchev–Trinajstić information content (AvgIpc) is 3.03. The van der Waals surface area contributed by atoms with Crippen molar-refractivity contribution in [1.82, 2.24) is 10.6 Å². The molecule has 0 radical (unpaired) electrons. The Kier molecular flexibility index (Phi) is 5.35. The predicted octanol–water partition coefficient (Wildman–Crippen LogP) is 1.21. The van der Waals surface area contributed by atoms with Crippen molar-refractivity contribution in [3.05, 3.63) is 41.8 Å². The number of amides is 1. The van der Waals surface area contributed by atoms with Crippen molar-refractivity contribution in [3.63, 3.8) is 0 Å². The fourth-order valence-corrected chi connectivity index (χ4v) is 3.29. The van der Waals surface area contributed by atoms with Gasteiger partial charge in [0.1, 0.15) is 11.5 Å². The Labute approximate surface area is 132 Å². The molecule has 0 aliphatic carbocycles. The minimum Gasteiger partial charge on any atom is -0.497 e. The van der Waals surface area contributed by atoms with E-state index in [0.29, 0.717) is 24.4 Å². The molecule has 0 saturated heterocycles. The Balaban J connectivity index is 1.97. The first-order valence-corrected chi connectivity index (χ1v) is 8.38. The van der Waals surface area contributed by atoms with Crippen LogP contribution in [-0.2, 0) is 16.3 Å². The topological polar surface area (TPSA) is 119 Å². The molecule has 1 aromatic carbocycles. The summed E-state index contributed by atoms with van der Waals surface area (Å²) in [5, 5.41) is 11.9. The molecule has 1 aromatic heterocycles. The maximum atomic E-state index is 12.3. The van der Waals surface area contributed by atoms with Crippen LogP contribution in [0.3, 0.4) is 0 Å². The van der Waals surface area contributed by atoms with E-state index in [9.17, 15) is 13.2 Å². The first-order chi connectivity index (χ1) is 11.0. The third-order valence-corrected chi connectivity index (χ3v) is 4.93. The summed E-state index contributed by atoms with van der Waals surface area (Å²) in [6, 6.07) is 7.61. The number of hydrogen-bond donors (Lipinski definition) is 2. The van der Waals surface area contributed by atoms with Gasteiger partial charge >= 0.3 is 0 Å². The van der Waals surface area contributed by atoms with Gasteiger partial charge in [-0.05, 0) is 24.6 Å². The Bertz CT molecular complexity index is 784. The second-order valence-electron chi connectivity index (χ2n) is 4.72. The number of hydrogen-bond acceptors (Lipinski definition) is 7. The highest BCUT2D eigenvalue weighted by Gasteiger charge is 2.16. The minimum absolute atomic E-state index is 0.0712. The molecule has 0 spiro atoms. The van der Waals surface area contributed by atoms with Gasteiger partial charge in [0.25, 0.3) is 5.91 Å². The molecule has 0 unspecified atom stereocenters. The second-order valence-corrected chi connectivity index (χ2v) is 6.83. The summed E-state index contributed by atoms with van der Waals surface area (Å²) in [4.78, 5) is 11.3. The molecule has 8 nitrogen and oxygen atoms in total. The fourth-order valence-electron chi connectivity index (χ4n) is 1.94. The van der Waals surface area contributed by atoms with E-state index < -0.39 is 15.7 Å². The molecule has 0 bridgehead atoms. The SMILES string of the molecule is COc1cccc(S(=O)(=O)CCCc2cc(C(=O)NO)no2)c1. The van der Waals surface area contributed by atoms with Crippen molar-refractivity contribution in [2.24, 2.45) is 0 Å². The van der Waals surface area contributed by atoms with Crippen LogP contribution in [0.15, 0.2) is 39.8 Å². The monoisotopic (exact) mass is 340 g/mol. The highest BCUT2D eigenvalue weighted by molar-refractivity contribution is 7.91. The zero-order valence-corrected chi connectivity index (χ0v) is 13.2. The third kappa shape index (κ3) is 4.30. The summed E-state index contributed by atoms with van der Waals surface area (Å²) >= 11 is 0. The number of carbonyl (C=O) groups is 1. The fraction of sp³-hybridized carbons (Fsp3) is 0.286. The molecule has 2 N–H and O–H groups in total. The van der Waals surface area contributed by atoms with Crippen molar-refractivity contribution in [2.75, 3.05) is 12.9 Å². The Morgan fingerprint density at radius 2 is 2.17 bits per heavy atom. The van der Waals surface area contributed by atoms with E-state index in [1.54, 1.807) is 12.1 Å². The van der Waals surface area contributed by atoms with Crippen LogP contribution in [-0.4, -0.2) is 37.6 Å². The zero-order chi connectivity index (χ0) is 16.9. The normalized spacial score (nSPS) is 11.2. The van der Waals surface area contributed by atoms with E-state index in [1.165, 1.54) is 30.8 Å². The lowest BCUT2D eigenvalue weighted by Crippen LogP contribution is -2.18. The van der Waals surface area contributed by atoms with Gasteiger partial charge in [0, 0.05) is 12.5 Å². The number of nitrogens with zero attached hydrogens (tertiary/aromatic N) is 1. The Morgan fingerprint density at radius 1 is 1.39 bits per heavy atom. The highest BCUT2D eigenvalue weighted by Crippen LogP contribution is 2.19. The number of aryl methyl sites for hydroxylation is 1. The molecule has 0 fully saturated rings. The number of ether oxygens (including phenoxy) is 1. The van der Waals surface area contributed by atoms with Gasteiger partial charge in [-0.2, -0.15) is 0 Å². The van der Waals surface area contributed by atoms with E-state index in [4.69, 9.17) is 14.5 Å². The van der Waals surface area contributed by atoms with Crippen molar-refractivity contribution in [2.45, 2.75) is 17.7 Å². The molecule has 23 heavy (non-hydrogen) atoms. The number of rotatable bonds is 7. The van der Waals surface area contributed by atoms with E-state index >= 15 is 0 Å². The average molecular weight is 340 g/mol. The molecule has 0 atom stereocenters. The molecule has 0 aliphatic heterocycles. The maximum absolute atomic E-state index is 12.3. The van der Waals surface area contributed by atoms with Crippen LogP contribution in [0.2, 0.25) is 0 Å². The number of hydroxylamine groups is 1. The quantitative estimate of drug-likeness (QED) is 0.574. The summed E-state index contributed by atoms with van der Waals surface area (Å²) < 4.78 is 34.4. The highest BCUT2D eigenvalue weighted by atomic mass is 32.2. The number of carbonyl (C=O) groups excluding carboxylic acids is 1. The van der Waals surface area contributed by atoms with Gasteiger partial charge in [-0.15, -0.1) is 0 Å². The Morgan fingerprint density at radius 3 is 2.87 bits per heavy atom. The molecular formula is C14H16N2O6S. The Hall–Kier alpha value is -2.39. The molecule has 9 heteroatoms. The predicted molar refractivity (Wildman–Crippen MR) is 79.1 cm³/mol. The van der Waals surface area contributed by atoms with Crippen LogP contribution in [0.25, 0.3) is 0 Å². The van der Waals surface area contributed by atoms with Gasteiger partial charge in [0.2, 0.25) is 0 Å². The smallest absolute Gasteiger partial charge is 0.296 e. The molecule has 1 amide bonds. The third-order valence-electron chi connectivity index (χ3n) is 3.13. The first-order valence-electron chi connectivity index (χ1n) is 6.73. The van der Waals surface area contributed by atoms with Gasteiger partial charge < -0.3 is 9.26 Å². The zero-order valence-electron chi connectivity index (χ0n) is 12.4. The molecule has 2 aromatic rings. The van der Waals surface area contributed by atoms with Crippen molar-refractivity contribution >= 4 is 15.7 Å². The number of aromatic nitrogens is 1. The summed E-state index contributed by atoms with van der Waals surface area (Å²) in [5.74, 6) is -0.0306. The lowest BCUT2D eigenvalue weighted by atomic mass is 10.2. The van der Waals surface area contributed by atoms with Crippen LogP contribution in [0.5, 0.6) is 5.75 Å².